The molecule has 15 heavy (non-hydrogen) atoms. The standard InChI is InChI=1S/C9H15N3O3/c1-7(10)9(12(13)14)5-11-8-3-2-4-15-6-8/h5,8,10-11H,2-4,6H2,1H3/b9-5+,10-7?. The van der Waals surface area contributed by atoms with Crippen molar-refractivity contribution in [3.8, 4) is 0 Å². The molecule has 0 aromatic heterocycles. The Kier molecular flexibility index (Phi) is 4.23. The van der Waals surface area contributed by atoms with E-state index in [1.54, 1.807) is 0 Å². The Labute approximate surface area is 88.0 Å². The summed E-state index contributed by atoms with van der Waals surface area (Å²) in [5, 5.41) is 20.7. The Hall–Kier alpha value is -1.43. The second kappa shape index (κ2) is 5.45. The van der Waals surface area contributed by atoms with Gasteiger partial charge in [-0.15, -0.1) is 0 Å². The summed E-state index contributed by atoms with van der Waals surface area (Å²) in [5.41, 5.74) is -0.246. The largest absolute Gasteiger partial charge is 0.380 e. The summed E-state index contributed by atoms with van der Waals surface area (Å²) >= 11 is 0. The third kappa shape index (κ3) is 3.67. The SMILES string of the molecule is CC(=N)/C(=C\NC1CCCOC1)[N+](=O)[O-]. The first-order valence-electron chi connectivity index (χ1n) is 4.85. The van der Waals surface area contributed by atoms with Gasteiger partial charge in [0.25, 0.3) is 0 Å². The van der Waals surface area contributed by atoms with Gasteiger partial charge in [0.2, 0.25) is 0 Å². The Bertz CT molecular complexity index is 266. The van der Waals surface area contributed by atoms with E-state index in [2.05, 4.69) is 5.32 Å². The third-order valence-corrected chi connectivity index (χ3v) is 2.20. The maximum atomic E-state index is 10.5. The van der Waals surface area contributed by atoms with E-state index < -0.39 is 4.92 Å². The molecule has 6 heteroatoms. The van der Waals surface area contributed by atoms with E-state index in [0.717, 1.165) is 19.4 Å². The number of nitrogens with one attached hydrogen (secondary N) is 2. The van der Waals surface area contributed by atoms with Crippen LogP contribution in [0, 0.1) is 15.5 Å². The van der Waals surface area contributed by atoms with Gasteiger partial charge in [0.15, 0.2) is 0 Å². The lowest BCUT2D eigenvalue weighted by molar-refractivity contribution is -0.415. The van der Waals surface area contributed by atoms with Crippen molar-refractivity contribution in [2.75, 3.05) is 13.2 Å². The third-order valence-electron chi connectivity index (χ3n) is 2.20. The minimum Gasteiger partial charge on any atom is -0.380 e. The molecule has 2 N–H and O–H groups in total. The molecule has 1 aliphatic rings. The van der Waals surface area contributed by atoms with Gasteiger partial charge in [-0.2, -0.15) is 0 Å². The van der Waals surface area contributed by atoms with Crippen molar-refractivity contribution in [2.45, 2.75) is 25.8 Å². The predicted molar refractivity (Wildman–Crippen MR) is 55.5 cm³/mol. The number of nitrogens with zero attached hydrogens (tertiary/aromatic N) is 1. The van der Waals surface area contributed by atoms with Crippen LogP contribution in [0.3, 0.4) is 0 Å². The molecule has 0 aromatic rings. The molecule has 0 amide bonds. The maximum Gasteiger partial charge on any atom is 0.305 e. The Balaban J connectivity index is 2.52. The molecule has 1 aliphatic heterocycles. The minimum absolute atomic E-state index is 0.0516. The summed E-state index contributed by atoms with van der Waals surface area (Å²) in [6.07, 6.45) is 3.20. The van der Waals surface area contributed by atoms with Gasteiger partial charge in [0.05, 0.1) is 17.7 Å². The molecule has 0 saturated carbocycles. The average molecular weight is 213 g/mol. The fourth-order valence-electron chi connectivity index (χ4n) is 1.37. The predicted octanol–water partition coefficient (Wildman–Crippen LogP) is 0.913. The summed E-state index contributed by atoms with van der Waals surface area (Å²) in [6.45, 7) is 2.72. The van der Waals surface area contributed by atoms with Gasteiger partial charge >= 0.3 is 5.70 Å². The Morgan fingerprint density at radius 2 is 2.47 bits per heavy atom. The van der Waals surface area contributed by atoms with Gasteiger partial charge in [-0.1, -0.05) is 0 Å². The molecule has 0 aromatic carbocycles. The molecule has 0 radical (unpaired) electrons. The monoisotopic (exact) mass is 213 g/mol. The lowest BCUT2D eigenvalue weighted by atomic mass is 10.1. The van der Waals surface area contributed by atoms with Crippen molar-refractivity contribution in [3.05, 3.63) is 22.0 Å². The molecular weight excluding hydrogens is 198 g/mol. The van der Waals surface area contributed by atoms with Crippen LogP contribution >= 0.6 is 0 Å². The van der Waals surface area contributed by atoms with Crippen molar-refractivity contribution >= 4 is 5.71 Å². The van der Waals surface area contributed by atoms with Crippen molar-refractivity contribution in [3.63, 3.8) is 0 Å². The summed E-state index contributed by atoms with van der Waals surface area (Å²) in [4.78, 5) is 9.98. The highest BCUT2D eigenvalue weighted by molar-refractivity contribution is 5.93. The van der Waals surface area contributed by atoms with Gasteiger partial charge in [0.1, 0.15) is 5.71 Å². The van der Waals surface area contributed by atoms with Crippen molar-refractivity contribution in [1.82, 2.24) is 5.32 Å². The van der Waals surface area contributed by atoms with Crippen LogP contribution in [0.4, 0.5) is 0 Å². The van der Waals surface area contributed by atoms with E-state index in [0.29, 0.717) is 6.61 Å². The van der Waals surface area contributed by atoms with E-state index in [1.165, 1.54) is 13.1 Å². The molecule has 0 spiro atoms. The van der Waals surface area contributed by atoms with Gasteiger partial charge in [0, 0.05) is 12.6 Å². The molecule has 1 saturated heterocycles. The number of rotatable bonds is 4. The molecule has 1 heterocycles. The Morgan fingerprint density at radius 3 is 2.93 bits per heavy atom. The van der Waals surface area contributed by atoms with Crippen LogP contribution < -0.4 is 5.32 Å². The number of ether oxygens (including phenoxy) is 1. The van der Waals surface area contributed by atoms with Gasteiger partial charge < -0.3 is 10.1 Å². The maximum absolute atomic E-state index is 10.5. The zero-order chi connectivity index (χ0) is 11.3. The molecule has 0 aliphatic carbocycles. The normalized spacial score (nSPS) is 22.2. The van der Waals surface area contributed by atoms with Crippen LogP contribution in [0.5, 0.6) is 0 Å². The highest BCUT2D eigenvalue weighted by Gasteiger charge is 2.16. The zero-order valence-electron chi connectivity index (χ0n) is 8.66. The van der Waals surface area contributed by atoms with Crippen LogP contribution in [0.25, 0.3) is 0 Å². The lowest BCUT2D eigenvalue weighted by Crippen LogP contribution is -2.34. The molecule has 0 bridgehead atoms. The first-order chi connectivity index (χ1) is 7.11. The first-order valence-corrected chi connectivity index (χ1v) is 4.85. The van der Waals surface area contributed by atoms with Crippen LogP contribution in [0.1, 0.15) is 19.8 Å². The number of hydrogen-bond acceptors (Lipinski definition) is 5. The van der Waals surface area contributed by atoms with Crippen molar-refractivity contribution in [2.24, 2.45) is 0 Å². The molecule has 1 atom stereocenters. The summed E-state index contributed by atoms with van der Waals surface area (Å²) < 4.78 is 5.22. The molecule has 1 unspecified atom stereocenters. The van der Waals surface area contributed by atoms with Gasteiger partial charge in [-0.3, -0.25) is 15.5 Å². The van der Waals surface area contributed by atoms with Crippen LogP contribution in [-0.2, 0) is 4.74 Å². The molecule has 1 fully saturated rings. The fraction of sp³-hybridized carbons (Fsp3) is 0.667. The number of nitro groups is 1. The van der Waals surface area contributed by atoms with Crippen LogP contribution in [0.15, 0.2) is 11.9 Å². The zero-order valence-corrected chi connectivity index (χ0v) is 8.66. The Morgan fingerprint density at radius 1 is 1.73 bits per heavy atom. The summed E-state index contributed by atoms with van der Waals surface area (Å²) in [5.74, 6) is 0. The molecular formula is C9H15N3O3. The second-order valence-electron chi connectivity index (χ2n) is 3.49. The quantitative estimate of drug-likeness (QED) is 0.413. The lowest BCUT2D eigenvalue weighted by Gasteiger charge is -2.21. The number of allylic oxidation sites excluding steroid dienone is 1. The van der Waals surface area contributed by atoms with Crippen molar-refractivity contribution in [1.29, 1.82) is 5.41 Å². The smallest absolute Gasteiger partial charge is 0.305 e. The van der Waals surface area contributed by atoms with E-state index in [4.69, 9.17) is 10.1 Å². The first kappa shape index (κ1) is 11.6. The highest BCUT2D eigenvalue weighted by Crippen LogP contribution is 2.06. The fourth-order valence-corrected chi connectivity index (χ4v) is 1.37. The van der Waals surface area contributed by atoms with E-state index >= 15 is 0 Å². The second-order valence-corrected chi connectivity index (χ2v) is 3.49. The van der Waals surface area contributed by atoms with E-state index in [9.17, 15) is 10.1 Å². The van der Waals surface area contributed by atoms with E-state index in [1.807, 2.05) is 0 Å². The minimum atomic E-state index is -0.557. The summed E-state index contributed by atoms with van der Waals surface area (Å²) in [6, 6.07) is 0.119. The van der Waals surface area contributed by atoms with Crippen molar-refractivity contribution < 1.29 is 9.66 Å². The molecule has 6 nitrogen and oxygen atoms in total. The topological polar surface area (TPSA) is 88.2 Å². The van der Waals surface area contributed by atoms with Crippen LogP contribution in [0.2, 0.25) is 0 Å². The highest BCUT2D eigenvalue weighted by atomic mass is 16.6. The molecule has 1 rings (SSSR count). The average Bonchev–Trinajstić information content (AvgIpc) is 2.18. The number of hydrogen-bond donors (Lipinski definition) is 2. The summed E-state index contributed by atoms with van der Waals surface area (Å²) in [7, 11) is 0. The van der Waals surface area contributed by atoms with Gasteiger partial charge in [-0.05, 0) is 19.8 Å². The van der Waals surface area contributed by atoms with E-state index in [-0.39, 0.29) is 17.5 Å². The van der Waals surface area contributed by atoms with Crippen LogP contribution in [-0.4, -0.2) is 29.9 Å². The van der Waals surface area contributed by atoms with Gasteiger partial charge in [-0.25, -0.2) is 0 Å². The molecule has 84 valence electrons.